The first-order valence-electron chi connectivity index (χ1n) is 6.03. The highest BCUT2D eigenvalue weighted by Gasteiger charge is 2.20. The second-order valence-corrected chi connectivity index (χ2v) is 7.48. The lowest BCUT2D eigenvalue weighted by Gasteiger charge is -2.05. The predicted octanol–water partition coefficient (Wildman–Crippen LogP) is 1.44. The molecule has 0 bridgehead atoms. The SMILES string of the molecule is O=c1c2ccc(S(=O)(=O)O)cc2oc2c(S(=O)(=O)O)cccc12. The van der Waals surface area contributed by atoms with Crippen molar-refractivity contribution in [3.8, 4) is 0 Å². The van der Waals surface area contributed by atoms with E-state index < -0.39 is 41.0 Å². The Kier molecular flexibility index (Phi) is 3.30. The molecule has 120 valence electrons. The van der Waals surface area contributed by atoms with E-state index in [9.17, 15) is 26.2 Å². The molecule has 0 atom stereocenters. The van der Waals surface area contributed by atoms with Gasteiger partial charge >= 0.3 is 0 Å². The summed E-state index contributed by atoms with van der Waals surface area (Å²) in [5, 5.41) is -0.0929. The van der Waals surface area contributed by atoms with E-state index in [0.717, 1.165) is 24.3 Å². The first-order valence-corrected chi connectivity index (χ1v) is 8.91. The zero-order valence-electron chi connectivity index (χ0n) is 11.1. The maximum atomic E-state index is 12.4. The molecule has 0 aliphatic heterocycles. The molecule has 0 radical (unpaired) electrons. The summed E-state index contributed by atoms with van der Waals surface area (Å²) in [5.41, 5.74) is -1.25. The van der Waals surface area contributed by atoms with Gasteiger partial charge in [-0.05, 0) is 24.3 Å². The van der Waals surface area contributed by atoms with Gasteiger partial charge < -0.3 is 4.42 Å². The molecule has 0 amide bonds. The first kappa shape index (κ1) is 15.6. The van der Waals surface area contributed by atoms with Crippen LogP contribution in [0, 0.1) is 0 Å². The topological polar surface area (TPSA) is 139 Å². The number of hydrogen-bond acceptors (Lipinski definition) is 6. The van der Waals surface area contributed by atoms with E-state index >= 15 is 0 Å². The predicted molar refractivity (Wildman–Crippen MR) is 79.6 cm³/mol. The van der Waals surface area contributed by atoms with Gasteiger partial charge in [0.2, 0.25) is 5.43 Å². The molecule has 10 heteroatoms. The van der Waals surface area contributed by atoms with E-state index in [2.05, 4.69) is 0 Å². The molecule has 1 heterocycles. The fourth-order valence-corrected chi connectivity index (χ4v) is 3.33. The number of para-hydroxylation sites is 1. The molecule has 2 aromatic carbocycles. The van der Waals surface area contributed by atoms with Crippen molar-refractivity contribution in [2.24, 2.45) is 0 Å². The maximum absolute atomic E-state index is 12.4. The van der Waals surface area contributed by atoms with Gasteiger partial charge in [0.15, 0.2) is 5.58 Å². The smallest absolute Gasteiger partial charge is 0.298 e. The fraction of sp³-hybridized carbons (Fsp3) is 0. The van der Waals surface area contributed by atoms with Crippen molar-refractivity contribution in [1.29, 1.82) is 0 Å². The number of fused-ring (bicyclic) bond motifs is 2. The van der Waals surface area contributed by atoms with Crippen LogP contribution in [-0.4, -0.2) is 25.9 Å². The van der Waals surface area contributed by atoms with Crippen LogP contribution in [0.15, 0.2) is 55.4 Å². The Morgan fingerprint density at radius 3 is 2.17 bits per heavy atom. The van der Waals surface area contributed by atoms with E-state index in [1.54, 1.807) is 0 Å². The quantitative estimate of drug-likeness (QED) is 0.519. The zero-order chi connectivity index (χ0) is 17.0. The van der Waals surface area contributed by atoms with Crippen LogP contribution in [0.25, 0.3) is 21.9 Å². The lowest BCUT2D eigenvalue weighted by Crippen LogP contribution is -2.07. The molecule has 23 heavy (non-hydrogen) atoms. The average Bonchev–Trinajstić information content (AvgIpc) is 2.44. The van der Waals surface area contributed by atoms with Crippen LogP contribution in [-0.2, 0) is 20.2 Å². The van der Waals surface area contributed by atoms with E-state index in [1.165, 1.54) is 12.1 Å². The number of benzene rings is 2. The van der Waals surface area contributed by atoms with Crippen LogP contribution in [0.1, 0.15) is 0 Å². The lowest BCUT2D eigenvalue weighted by molar-refractivity contribution is 0.479. The summed E-state index contributed by atoms with van der Waals surface area (Å²) in [5.74, 6) is 0. The van der Waals surface area contributed by atoms with Gasteiger partial charge in [-0.15, -0.1) is 0 Å². The molecule has 0 saturated carbocycles. The summed E-state index contributed by atoms with van der Waals surface area (Å²) in [6, 6.07) is 6.68. The third-order valence-electron chi connectivity index (χ3n) is 3.21. The normalized spacial score (nSPS) is 12.8. The largest absolute Gasteiger partial charge is 0.454 e. The molecule has 0 spiro atoms. The third-order valence-corrected chi connectivity index (χ3v) is 4.94. The molecule has 3 rings (SSSR count). The van der Waals surface area contributed by atoms with Crippen molar-refractivity contribution in [1.82, 2.24) is 0 Å². The molecular weight excluding hydrogens is 348 g/mol. The standard InChI is InChI=1S/C13H8O8S2/c14-12-8-5-4-7(22(15,16)17)6-10(8)21-13-9(12)2-1-3-11(13)23(18,19)20/h1-6H,(H,15,16,17)(H,18,19,20). The fourth-order valence-electron chi connectivity index (χ4n) is 2.19. The summed E-state index contributed by atoms with van der Waals surface area (Å²) >= 11 is 0. The highest BCUT2D eigenvalue weighted by Crippen LogP contribution is 2.26. The Morgan fingerprint density at radius 2 is 1.57 bits per heavy atom. The summed E-state index contributed by atoms with van der Waals surface area (Å²) in [6.07, 6.45) is 0. The Balaban J connectivity index is 2.55. The van der Waals surface area contributed by atoms with E-state index in [1.807, 2.05) is 0 Å². The van der Waals surface area contributed by atoms with Crippen molar-refractivity contribution in [2.75, 3.05) is 0 Å². The molecule has 8 nitrogen and oxygen atoms in total. The number of rotatable bonds is 2. The van der Waals surface area contributed by atoms with Gasteiger partial charge in [0, 0.05) is 6.07 Å². The summed E-state index contributed by atoms with van der Waals surface area (Å²) in [4.78, 5) is 11.2. The second kappa shape index (κ2) is 4.86. The van der Waals surface area contributed by atoms with Crippen LogP contribution in [0.4, 0.5) is 0 Å². The van der Waals surface area contributed by atoms with Gasteiger partial charge in [-0.3, -0.25) is 13.9 Å². The summed E-state index contributed by atoms with van der Waals surface area (Å²) in [6.45, 7) is 0. The second-order valence-electron chi connectivity index (χ2n) is 4.67. The molecule has 0 aliphatic rings. The molecule has 0 aliphatic carbocycles. The molecule has 0 unspecified atom stereocenters. The monoisotopic (exact) mass is 356 g/mol. The van der Waals surface area contributed by atoms with Crippen LogP contribution in [0.5, 0.6) is 0 Å². The molecule has 0 fully saturated rings. The maximum Gasteiger partial charge on any atom is 0.298 e. The van der Waals surface area contributed by atoms with Crippen molar-refractivity contribution in [3.05, 3.63) is 46.6 Å². The van der Waals surface area contributed by atoms with Gasteiger partial charge in [-0.25, -0.2) is 0 Å². The van der Waals surface area contributed by atoms with E-state index in [0.29, 0.717) is 0 Å². The molecule has 0 saturated heterocycles. The minimum Gasteiger partial charge on any atom is -0.454 e. The van der Waals surface area contributed by atoms with Crippen molar-refractivity contribution >= 4 is 42.2 Å². The Bertz CT molecular complexity index is 1220. The van der Waals surface area contributed by atoms with Crippen molar-refractivity contribution < 1.29 is 30.4 Å². The highest BCUT2D eigenvalue weighted by molar-refractivity contribution is 7.86. The average molecular weight is 356 g/mol. The lowest BCUT2D eigenvalue weighted by atomic mass is 10.1. The molecule has 2 N–H and O–H groups in total. The highest BCUT2D eigenvalue weighted by atomic mass is 32.2. The van der Waals surface area contributed by atoms with Crippen LogP contribution in [0.3, 0.4) is 0 Å². The van der Waals surface area contributed by atoms with Crippen molar-refractivity contribution in [3.63, 3.8) is 0 Å². The van der Waals surface area contributed by atoms with Crippen LogP contribution < -0.4 is 5.43 Å². The molecule has 1 aromatic heterocycles. The van der Waals surface area contributed by atoms with Gasteiger partial charge in [0.05, 0.1) is 15.7 Å². The van der Waals surface area contributed by atoms with Gasteiger partial charge in [0.1, 0.15) is 10.5 Å². The Morgan fingerprint density at radius 1 is 0.870 bits per heavy atom. The number of hydrogen-bond donors (Lipinski definition) is 2. The molecule has 3 aromatic rings. The van der Waals surface area contributed by atoms with E-state index in [-0.39, 0.29) is 16.4 Å². The Labute approximate surface area is 129 Å². The third kappa shape index (κ3) is 2.61. The zero-order valence-corrected chi connectivity index (χ0v) is 12.8. The Hall–Kier alpha value is -2.27. The van der Waals surface area contributed by atoms with Gasteiger partial charge in [-0.1, -0.05) is 6.07 Å². The van der Waals surface area contributed by atoms with Crippen molar-refractivity contribution in [2.45, 2.75) is 9.79 Å². The minimum atomic E-state index is -4.65. The minimum absolute atomic E-state index is 0.00242. The molecular formula is C13H8O8S2. The summed E-state index contributed by atoms with van der Waals surface area (Å²) in [7, 11) is -9.18. The summed E-state index contributed by atoms with van der Waals surface area (Å²) < 4.78 is 68.6. The van der Waals surface area contributed by atoms with Crippen LogP contribution in [0.2, 0.25) is 0 Å². The van der Waals surface area contributed by atoms with Gasteiger partial charge in [-0.2, -0.15) is 16.8 Å². The first-order chi connectivity index (χ1) is 10.6. The van der Waals surface area contributed by atoms with Gasteiger partial charge in [0.25, 0.3) is 20.2 Å². The van der Waals surface area contributed by atoms with E-state index in [4.69, 9.17) is 8.97 Å². The van der Waals surface area contributed by atoms with Crippen LogP contribution >= 0.6 is 0 Å².